The van der Waals surface area contributed by atoms with E-state index in [0.717, 1.165) is 11.6 Å². The molecule has 112 valence electrons. The number of hydrogen-bond donors (Lipinski definition) is 1. The molecule has 0 fully saturated rings. The predicted molar refractivity (Wildman–Crippen MR) is 77.6 cm³/mol. The maximum atomic E-state index is 13.2. The number of benzene rings is 2. The summed E-state index contributed by atoms with van der Waals surface area (Å²) in [5.41, 5.74) is 1.50. The lowest BCUT2D eigenvalue weighted by atomic mass is 9.92. The van der Waals surface area contributed by atoms with Crippen LogP contribution in [0.25, 0.3) is 0 Å². The minimum Gasteiger partial charge on any atom is -0.319 e. The minimum absolute atomic E-state index is 0.137. The molecule has 1 nitrogen and oxygen atoms in total. The van der Waals surface area contributed by atoms with Crippen molar-refractivity contribution >= 4 is 0 Å². The van der Waals surface area contributed by atoms with Gasteiger partial charge in [0.15, 0.2) is 0 Å². The van der Waals surface area contributed by atoms with Crippen molar-refractivity contribution in [2.75, 3.05) is 13.6 Å². The maximum Gasteiger partial charge on any atom is 0.126 e. The van der Waals surface area contributed by atoms with Crippen molar-refractivity contribution in [3.63, 3.8) is 0 Å². The van der Waals surface area contributed by atoms with E-state index in [2.05, 4.69) is 5.32 Å². The molecule has 0 heterocycles. The summed E-state index contributed by atoms with van der Waals surface area (Å²) >= 11 is 0. The Morgan fingerprint density at radius 2 is 1.48 bits per heavy atom. The summed E-state index contributed by atoms with van der Waals surface area (Å²) in [6, 6.07) is 9.98. The molecule has 2 aromatic rings. The summed E-state index contributed by atoms with van der Waals surface area (Å²) in [7, 11) is 1.82. The second-order valence-corrected chi connectivity index (χ2v) is 5.24. The monoisotopic (exact) mass is 293 g/mol. The Bertz CT molecular complexity index is 578. The molecule has 1 atom stereocenters. The van der Waals surface area contributed by atoms with Gasteiger partial charge < -0.3 is 5.32 Å². The summed E-state index contributed by atoms with van der Waals surface area (Å²) in [5, 5.41) is 3.07. The minimum atomic E-state index is -0.570. The van der Waals surface area contributed by atoms with E-state index in [1.807, 2.05) is 13.1 Å². The van der Waals surface area contributed by atoms with E-state index in [9.17, 15) is 13.2 Å². The number of rotatable bonds is 6. The molecule has 21 heavy (non-hydrogen) atoms. The SMILES string of the molecule is CNCC(Cc1cccc(F)c1)Cc1cc(F)cc(F)c1. The molecule has 0 spiro atoms. The van der Waals surface area contributed by atoms with Crippen LogP contribution in [0.2, 0.25) is 0 Å². The third kappa shape index (κ3) is 4.90. The molecule has 2 aromatic carbocycles. The fourth-order valence-corrected chi connectivity index (χ4v) is 2.56. The zero-order valence-electron chi connectivity index (χ0n) is 11.9. The van der Waals surface area contributed by atoms with Crippen LogP contribution in [0.4, 0.5) is 13.2 Å². The number of nitrogens with one attached hydrogen (secondary N) is 1. The largest absolute Gasteiger partial charge is 0.319 e. The first-order valence-electron chi connectivity index (χ1n) is 6.91. The average molecular weight is 293 g/mol. The standard InChI is InChI=1S/C17H18F3N/c1-21-11-14(5-12-3-2-4-15(18)7-12)6-13-8-16(19)10-17(20)9-13/h2-4,7-10,14,21H,5-6,11H2,1H3. The van der Waals surface area contributed by atoms with Gasteiger partial charge in [-0.1, -0.05) is 12.1 Å². The van der Waals surface area contributed by atoms with Gasteiger partial charge >= 0.3 is 0 Å². The van der Waals surface area contributed by atoms with Crippen LogP contribution in [-0.4, -0.2) is 13.6 Å². The molecule has 0 aliphatic rings. The highest BCUT2D eigenvalue weighted by molar-refractivity contribution is 5.21. The Labute approximate surface area is 122 Å². The van der Waals surface area contributed by atoms with Gasteiger partial charge in [0.1, 0.15) is 17.5 Å². The van der Waals surface area contributed by atoms with Crippen LogP contribution in [0.3, 0.4) is 0 Å². The van der Waals surface area contributed by atoms with E-state index in [4.69, 9.17) is 0 Å². The van der Waals surface area contributed by atoms with Crippen LogP contribution in [-0.2, 0) is 12.8 Å². The second-order valence-electron chi connectivity index (χ2n) is 5.24. The van der Waals surface area contributed by atoms with Crippen molar-refractivity contribution in [2.45, 2.75) is 12.8 Å². The quantitative estimate of drug-likeness (QED) is 0.856. The fourth-order valence-electron chi connectivity index (χ4n) is 2.56. The molecule has 4 heteroatoms. The van der Waals surface area contributed by atoms with E-state index in [1.54, 1.807) is 6.07 Å². The normalized spacial score (nSPS) is 12.4. The van der Waals surface area contributed by atoms with Crippen LogP contribution in [0, 0.1) is 23.4 Å². The highest BCUT2D eigenvalue weighted by Crippen LogP contribution is 2.17. The summed E-state index contributed by atoms with van der Waals surface area (Å²) in [4.78, 5) is 0. The Kier molecular flexibility index (Phi) is 5.39. The van der Waals surface area contributed by atoms with Crippen molar-refractivity contribution < 1.29 is 13.2 Å². The topological polar surface area (TPSA) is 12.0 Å². The van der Waals surface area contributed by atoms with Crippen LogP contribution in [0.1, 0.15) is 11.1 Å². The Hall–Kier alpha value is -1.81. The molecule has 0 amide bonds. The van der Waals surface area contributed by atoms with Crippen LogP contribution in [0.5, 0.6) is 0 Å². The summed E-state index contributed by atoms with van der Waals surface area (Å²) < 4.78 is 39.7. The third-order valence-electron chi connectivity index (χ3n) is 3.35. The first-order chi connectivity index (χ1) is 10.1. The predicted octanol–water partition coefficient (Wildman–Crippen LogP) is 3.72. The molecular weight excluding hydrogens is 275 g/mol. The van der Waals surface area contributed by atoms with Crippen molar-refractivity contribution in [3.05, 3.63) is 71.0 Å². The summed E-state index contributed by atoms with van der Waals surface area (Å²) in [6.07, 6.45) is 1.18. The molecule has 0 aromatic heterocycles. The first-order valence-corrected chi connectivity index (χ1v) is 6.91. The first kappa shape index (κ1) is 15.6. The fraction of sp³-hybridized carbons (Fsp3) is 0.294. The Balaban J connectivity index is 2.11. The number of halogens is 3. The molecule has 0 saturated carbocycles. The summed E-state index contributed by atoms with van der Waals surface area (Å²) in [5.74, 6) is -1.27. The van der Waals surface area contributed by atoms with Gasteiger partial charge in [-0.05, 0) is 67.7 Å². The van der Waals surface area contributed by atoms with Gasteiger partial charge in [0.05, 0.1) is 0 Å². The molecule has 0 aliphatic carbocycles. The van der Waals surface area contributed by atoms with Crippen molar-refractivity contribution in [3.8, 4) is 0 Å². The van der Waals surface area contributed by atoms with Crippen molar-refractivity contribution in [1.82, 2.24) is 5.32 Å². The lowest BCUT2D eigenvalue weighted by Gasteiger charge is -2.17. The summed E-state index contributed by atoms with van der Waals surface area (Å²) in [6.45, 7) is 0.689. The van der Waals surface area contributed by atoms with Crippen LogP contribution in [0.15, 0.2) is 42.5 Å². The zero-order chi connectivity index (χ0) is 15.2. The van der Waals surface area contributed by atoms with Gasteiger partial charge in [0, 0.05) is 6.07 Å². The van der Waals surface area contributed by atoms with Gasteiger partial charge in [-0.25, -0.2) is 13.2 Å². The molecule has 2 rings (SSSR count). The molecule has 1 N–H and O–H groups in total. The van der Waals surface area contributed by atoms with Gasteiger partial charge in [-0.15, -0.1) is 0 Å². The van der Waals surface area contributed by atoms with Crippen molar-refractivity contribution in [1.29, 1.82) is 0 Å². The second kappa shape index (κ2) is 7.27. The van der Waals surface area contributed by atoms with E-state index < -0.39 is 11.6 Å². The molecule has 0 aliphatic heterocycles. The maximum absolute atomic E-state index is 13.2. The van der Waals surface area contributed by atoms with Gasteiger partial charge in [0.25, 0.3) is 0 Å². The average Bonchev–Trinajstić information content (AvgIpc) is 2.37. The Morgan fingerprint density at radius 3 is 2.10 bits per heavy atom. The highest BCUT2D eigenvalue weighted by atomic mass is 19.1. The van der Waals surface area contributed by atoms with Crippen molar-refractivity contribution in [2.24, 2.45) is 5.92 Å². The van der Waals surface area contributed by atoms with E-state index in [0.29, 0.717) is 24.9 Å². The van der Waals surface area contributed by atoms with Crippen LogP contribution < -0.4 is 5.32 Å². The van der Waals surface area contributed by atoms with E-state index in [-0.39, 0.29) is 11.7 Å². The molecule has 1 unspecified atom stereocenters. The molecule has 0 bridgehead atoms. The highest BCUT2D eigenvalue weighted by Gasteiger charge is 2.12. The lowest BCUT2D eigenvalue weighted by molar-refractivity contribution is 0.487. The molecule has 0 saturated heterocycles. The number of hydrogen-bond acceptors (Lipinski definition) is 1. The molecule has 0 radical (unpaired) electrons. The van der Waals surface area contributed by atoms with Gasteiger partial charge in [-0.2, -0.15) is 0 Å². The lowest BCUT2D eigenvalue weighted by Crippen LogP contribution is -2.23. The zero-order valence-corrected chi connectivity index (χ0v) is 11.9. The molecular formula is C17H18F3N. The Morgan fingerprint density at radius 1 is 0.857 bits per heavy atom. The van der Waals surface area contributed by atoms with Gasteiger partial charge in [-0.3, -0.25) is 0 Å². The third-order valence-corrected chi connectivity index (χ3v) is 3.35. The van der Waals surface area contributed by atoms with Gasteiger partial charge in [0.2, 0.25) is 0 Å². The van der Waals surface area contributed by atoms with E-state index in [1.165, 1.54) is 24.3 Å². The van der Waals surface area contributed by atoms with Crippen LogP contribution >= 0.6 is 0 Å². The smallest absolute Gasteiger partial charge is 0.126 e. The van der Waals surface area contributed by atoms with E-state index >= 15 is 0 Å².